The average molecular weight is 366 g/mol. The van der Waals surface area contributed by atoms with Gasteiger partial charge in [0.15, 0.2) is 5.78 Å². The van der Waals surface area contributed by atoms with Crippen molar-refractivity contribution in [1.29, 1.82) is 0 Å². The van der Waals surface area contributed by atoms with E-state index in [2.05, 4.69) is 15.3 Å². The highest BCUT2D eigenvalue weighted by Crippen LogP contribution is 2.25. The second-order valence-electron chi connectivity index (χ2n) is 6.57. The van der Waals surface area contributed by atoms with Crippen molar-refractivity contribution in [2.24, 2.45) is 0 Å². The van der Waals surface area contributed by atoms with Crippen molar-refractivity contribution in [3.05, 3.63) is 64.0 Å². The second kappa shape index (κ2) is 7.57. The van der Waals surface area contributed by atoms with Gasteiger partial charge in [0.1, 0.15) is 11.9 Å². The largest absolute Gasteiger partial charge is 0.354 e. The smallest absolute Gasteiger partial charge is 0.251 e. The molecule has 0 aliphatic heterocycles. The molecule has 2 aromatic heterocycles. The van der Waals surface area contributed by atoms with Gasteiger partial charge in [-0.1, -0.05) is 18.2 Å². The molecular formula is C20H22N4O3. The molecule has 0 spiro atoms. The monoisotopic (exact) mass is 366 g/mol. The molecule has 0 aliphatic rings. The van der Waals surface area contributed by atoms with Gasteiger partial charge >= 0.3 is 0 Å². The van der Waals surface area contributed by atoms with Crippen LogP contribution in [0.1, 0.15) is 41.8 Å². The van der Waals surface area contributed by atoms with Crippen LogP contribution in [0.15, 0.2) is 41.3 Å². The average Bonchev–Trinajstić information content (AvgIpc) is 3.00. The van der Waals surface area contributed by atoms with Gasteiger partial charge in [0.2, 0.25) is 5.91 Å². The predicted molar refractivity (Wildman–Crippen MR) is 103 cm³/mol. The first-order valence-corrected chi connectivity index (χ1v) is 8.82. The quantitative estimate of drug-likeness (QED) is 0.653. The highest BCUT2D eigenvalue weighted by Gasteiger charge is 2.19. The van der Waals surface area contributed by atoms with Gasteiger partial charge in [-0.25, -0.2) is 4.98 Å². The molecule has 0 unspecified atom stereocenters. The fraction of sp³-hybridized carbons (Fsp3) is 0.300. The number of hydrogen-bond acceptors (Lipinski definition) is 4. The van der Waals surface area contributed by atoms with Crippen LogP contribution in [0.3, 0.4) is 0 Å². The molecule has 3 rings (SSSR count). The lowest BCUT2D eigenvalue weighted by molar-refractivity contribution is -0.123. The third-order valence-corrected chi connectivity index (χ3v) is 4.50. The molecular weight excluding hydrogens is 344 g/mol. The van der Waals surface area contributed by atoms with E-state index in [0.717, 1.165) is 10.9 Å². The molecule has 7 heteroatoms. The summed E-state index contributed by atoms with van der Waals surface area (Å²) in [7, 11) is 0. The molecule has 1 amide bonds. The zero-order valence-corrected chi connectivity index (χ0v) is 15.6. The molecule has 0 bridgehead atoms. The Hall–Kier alpha value is -3.22. The van der Waals surface area contributed by atoms with Gasteiger partial charge in [0.25, 0.3) is 5.56 Å². The van der Waals surface area contributed by atoms with E-state index in [4.69, 9.17) is 0 Å². The van der Waals surface area contributed by atoms with Gasteiger partial charge in [0.05, 0.1) is 0 Å². The number of H-pyrrole nitrogens is 1. The maximum Gasteiger partial charge on any atom is 0.251 e. The zero-order valence-electron chi connectivity index (χ0n) is 15.6. The first-order valence-electron chi connectivity index (χ1n) is 8.82. The number of nitrogens with one attached hydrogen (secondary N) is 2. The number of aromatic amines is 1. The summed E-state index contributed by atoms with van der Waals surface area (Å²) in [6.07, 6.45) is 2.16. The molecule has 2 N–H and O–H groups in total. The number of fused-ring (bicyclic) bond motifs is 1. The molecule has 1 atom stereocenters. The van der Waals surface area contributed by atoms with E-state index in [-0.39, 0.29) is 17.2 Å². The maximum atomic E-state index is 12.6. The van der Waals surface area contributed by atoms with Gasteiger partial charge < -0.3 is 14.9 Å². The van der Waals surface area contributed by atoms with Crippen LogP contribution in [0.4, 0.5) is 0 Å². The van der Waals surface area contributed by atoms with E-state index in [0.29, 0.717) is 30.0 Å². The standard InChI is InChI=1S/C20H22N4O3/c1-12-10-19(26)23-18(22-12)8-9-21-20(27)13(2)24-11-16(14(3)25)15-6-4-5-7-17(15)24/h4-7,10-11,13H,8-9H2,1-3H3,(H,21,27)(H,22,23,26)/t13-/m1/s1. The number of aromatic nitrogens is 3. The number of aryl methyl sites for hydroxylation is 1. The summed E-state index contributed by atoms with van der Waals surface area (Å²) in [5.74, 6) is 0.339. The van der Waals surface area contributed by atoms with Crippen molar-refractivity contribution in [2.75, 3.05) is 6.54 Å². The van der Waals surface area contributed by atoms with Crippen molar-refractivity contribution in [3.63, 3.8) is 0 Å². The van der Waals surface area contributed by atoms with E-state index in [9.17, 15) is 14.4 Å². The fourth-order valence-electron chi connectivity index (χ4n) is 3.14. The summed E-state index contributed by atoms with van der Waals surface area (Å²) in [6.45, 7) is 5.42. The van der Waals surface area contributed by atoms with Crippen molar-refractivity contribution in [3.8, 4) is 0 Å². The van der Waals surface area contributed by atoms with Crippen LogP contribution in [0, 0.1) is 6.92 Å². The normalized spacial score (nSPS) is 12.1. The lowest BCUT2D eigenvalue weighted by Gasteiger charge is -2.15. The van der Waals surface area contributed by atoms with Gasteiger partial charge in [-0.05, 0) is 26.8 Å². The van der Waals surface area contributed by atoms with Crippen LogP contribution in [0.2, 0.25) is 0 Å². The molecule has 140 valence electrons. The van der Waals surface area contributed by atoms with Gasteiger partial charge in [-0.3, -0.25) is 14.4 Å². The van der Waals surface area contributed by atoms with Crippen LogP contribution >= 0.6 is 0 Å². The van der Waals surface area contributed by atoms with Crippen LogP contribution in [0.25, 0.3) is 10.9 Å². The molecule has 3 aromatic rings. The predicted octanol–water partition coefficient (Wildman–Crippen LogP) is 2.16. The number of carbonyl (C=O) groups excluding carboxylic acids is 2. The van der Waals surface area contributed by atoms with Gasteiger partial charge in [0, 0.05) is 47.4 Å². The van der Waals surface area contributed by atoms with E-state index in [1.807, 2.05) is 28.8 Å². The highest BCUT2D eigenvalue weighted by molar-refractivity contribution is 6.07. The van der Waals surface area contributed by atoms with E-state index in [1.54, 1.807) is 20.0 Å². The molecule has 0 saturated carbocycles. The van der Waals surface area contributed by atoms with Crippen LogP contribution < -0.4 is 10.9 Å². The number of carbonyl (C=O) groups is 2. The zero-order chi connectivity index (χ0) is 19.6. The summed E-state index contributed by atoms with van der Waals surface area (Å²) in [5.41, 5.74) is 1.89. The first-order chi connectivity index (χ1) is 12.9. The Balaban J connectivity index is 1.73. The molecule has 27 heavy (non-hydrogen) atoms. The Bertz CT molecular complexity index is 1060. The Morgan fingerprint density at radius 3 is 2.74 bits per heavy atom. The van der Waals surface area contributed by atoms with Crippen molar-refractivity contribution < 1.29 is 9.59 Å². The van der Waals surface area contributed by atoms with Crippen LogP contribution in [-0.4, -0.2) is 32.8 Å². The van der Waals surface area contributed by atoms with Crippen LogP contribution in [-0.2, 0) is 11.2 Å². The number of Topliss-reactive ketones (excluding diaryl/α,β-unsaturated/α-hetero) is 1. The Morgan fingerprint density at radius 2 is 2.04 bits per heavy atom. The third kappa shape index (κ3) is 3.97. The summed E-state index contributed by atoms with van der Waals surface area (Å²) < 4.78 is 1.81. The molecule has 7 nitrogen and oxygen atoms in total. The van der Waals surface area contributed by atoms with E-state index >= 15 is 0 Å². The number of ketones is 1. The summed E-state index contributed by atoms with van der Waals surface area (Å²) in [5, 5.41) is 3.70. The lowest BCUT2D eigenvalue weighted by Crippen LogP contribution is -2.32. The van der Waals surface area contributed by atoms with Crippen molar-refractivity contribution in [2.45, 2.75) is 33.2 Å². The van der Waals surface area contributed by atoms with E-state index < -0.39 is 6.04 Å². The number of nitrogens with zero attached hydrogens (tertiary/aromatic N) is 2. The topological polar surface area (TPSA) is 96.8 Å². The minimum absolute atomic E-state index is 0.0352. The van der Waals surface area contributed by atoms with Gasteiger partial charge in [-0.2, -0.15) is 0 Å². The summed E-state index contributed by atoms with van der Waals surface area (Å²) in [6, 6.07) is 8.48. The molecule has 0 radical (unpaired) electrons. The number of benzene rings is 1. The second-order valence-corrected chi connectivity index (χ2v) is 6.57. The number of rotatable bonds is 6. The maximum absolute atomic E-state index is 12.6. The van der Waals surface area contributed by atoms with Crippen molar-refractivity contribution in [1.82, 2.24) is 19.9 Å². The Kier molecular flexibility index (Phi) is 5.21. The molecule has 1 aromatic carbocycles. The van der Waals surface area contributed by atoms with Crippen molar-refractivity contribution >= 4 is 22.6 Å². The molecule has 2 heterocycles. The van der Waals surface area contributed by atoms with Gasteiger partial charge in [-0.15, -0.1) is 0 Å². The first kappa shape index (κ1) is 18.6. The minimum atomic E-state index is -0.479. The third-order valence-electron chi connectivity index (χ3n) is 4.50. The van der Waals surface area contributed by atoms with Crippen LogP contribution in [0.5, 0.6) is 0 Å². The highest BCUT2D eigenvalue weighted by atomic mass is 16.2. The number of para-hydroxylation sites is 1. The minimum Gasteiger partial charge on any atom is -0.354 e. The molecule has 0 aliphatic carbocycles. The lowest BCUT2D eigenvalue weighted by atomic mass is 10.1. The summed E-state index contributed by atoms with van der Waals surface area (Å²) >= 11 is 0. The summed E-state index contributed by atoms with van der Waals surface area (Å²) in [4.78, 5) is 42.9. The molecule has 0 fully saturated rings. The number of amides is 1. The SMILES string of the molecule is CC(=O)c1cn([C@H](C)C(=O)NCCc2nc(C)cc(=O)[nH]2)c2ccccc12. The van der Waals surface area contributed by atoms with E-state index in [1.165, 1.54) is 13.0 Å². The fourth-order valence-corrected chi connectivity index (χ4v) is 3.14. The number of hydrogen-bond donors (Lipinski definition) is 2. The molecule has 0 saturated heterocycles. The Morgan fingerprint density at radius 1 is 1.30 bits per heavy atom. The Labute approximate surface area is 156 Å².